The summed E-state index contributed by atoms with van der Waals surface area (Å²) in [5, 5.41) is 9.59. The average molecular weight is 195 g/mol. The van der Waals surface area contributed by atoms with Crippen molar-refractivity contribution in [2.75, 3.05) is 7.11 Å². The maximum Gasteiger partial charge on any atom is 0.120 e. The molecule has 0 aliphatic carbocycles. The molecule has 3 N–H and O–H groups in total. The molecule has 1 aromatic carbocycles. The van der Waals surface area contributed by atoms with Crippen LogP contribution in [0.1, 0.15) is 31.4 Å². The molecule has 14 heavy (non-hydrogen) atoms. The number of hydrogen-bond donors (Lipinski definition) is 2. The van der Waals surface area contributed by atoms with Crippen molar-refractivity contribution in [1.82, 2.24) is 0 Å². The lowest BCUT2D eigenvalue weighted by Gasteiger charge is -2.13. The first kappa shape index (κ1) is 10.9. The number of rotatable bonds is 4. The molecule has 0 radical (unpaired) electrons. The van der Waals surface area contributed by atoms with Crippen molar-refractivity contribution in [3.8, 4) is 11.5 Å². The molecule has 0 aliphatic heterocycles. The topological polar surface area (TPSA) is 55.5 Å². The van der Waals surface area contributed by atoms with Crippen LogP contribution in [0.4, 0.5) is 0 Å². The van der Waals surface area contributed by atoms with Crippen LogP contribution < -0.4 is 10.5 Å². The van der Waals surface area contributed by atoms with E-state index in [0.717, 1.165) is 24.2 Å². The summed E-state index contributed by atoms with van der Waals surface area (Å²) < 4.78 is 5.07. The van der Waals surface area contributed by atoms with Crippen LogP contribution in [0.25, 0.3) is 0 Å². The van der Waals surface area contributed by atoms with E-state index in [9.17, 15) is 5.11 Å². The van der Waals surface area contributed by atoms with E-state index < -0.39 is 0 Å². The van der Waals surface area contributed by atoms with Crippen LogP contribution >= 0.6 is 0 Å². The van der Waals surface area contributed by atoms with Gasteiger partial charge in [-0.2, -0.15) is 0 Å². The molecule has 0 fully saturated rings. The molecule has 78 valence electrons. The molecular weight excluding hydrogens is 178 g/mol. The van der Waals surface area contributed by atoms with Gasteiger partial charge in [0.25, 0.3) is 0 Å². The van der Waals surface area contributed by atoms with E-state index >= 15 is 0 Å². The van der Waals surface area contributed by atoms with Crippen molar-refractivity contribution in [3.63, 3.8) is 0 Å². The fourth-order valence-corrected chi connectivity index (χ4v) is 1.42. The van der Waals surface area contributed by atoms with Crippen molar-refractivity contribution >= 4 is 0 Å². The minimum Gasteiger partial charge on any atom is -0.508 e. The number of methoxy groups -OCH3 is 1. The molecule has 1 aromatic rings. The van der Waals surface area contributed by atoms with Gasteiger partial charge < -0.3 is 15.6 Å². The molecule has 1 atom stereocenters. The van der Waals surface area contributed by atoms with Crippen molar-refractivity contribution in [2.45, 2.75) is 25.8 Å². The standard InChI is InChI=1S/C11H17NO2/c1-3-4-10(12)9-7-8(14-2)5-6-11(9)13/h5-7,10,13H,3-4,12H2,1-2H3/t10-/m1/s1. The van der Waals surface area contributed by atoms with Crippen LogP contribution in [0.2, 0.25) is 0 Å². The van der Waals surface area contributed by atoms with Crippen LogP contribution in [0, 0.1) is 0 Å². The lowest BCUT2D eigenvalue weighted by Crippen LogP contribution is -2.09. The first-order valence-electron chi connectivity index (χ1n) is 4.81. The number of nitrogens with two attached hydrogens (primary N) is 1. The van der Waals surface area contributed by atoms with Crippen LogP contribution in [-0.2, 0) is 0 Å². The van der Waals surface area contributed by atoms with Crippen molar-refractivity contribution in [3.05, 3.63) is 23.8 Å². The fraction of sp³-hybridized carbons (Fsp3) is 0.455. The molecule has 0 unspecified atom stereocenters. The predicted molar refractivity (Wildman–Crippen MR) is 56.5 cm³/mol. The van der Waals surface area contributed by atoms with Gasteiger partial charge in [-0.15, -0.1) is 0 Å². The maximum atomic E-state index is 9.59. The molecule has 0 spiro atoms. The highest BCUT2D eigenvalue weighted by molar-refractivity contribution is 5.41. The molecule has 0 saturated carbocycles. The van der Waals surface area contributed by atoms with E-state index in [2.05, 4.69) is 6.92 Å². The monoisotopic (exact) mass is 195 g/mol. The van der Waals surface area contributed by atoms with Gasteiger partial charge >= 0.3 is 0 Å². The molecule has 3 heteroatoms. The van der Waals surface area contributed by atoms with Crippen molar-refractivity contribution in [2.24, 2.45) is 5.73 Å². The Morgan fingerprint density at radius 1 is 1.50 bits per heavy atom. The number of phenols is 1. The third kappa shape index (κ3) is 2.39. The van der Waals surface area contributed by atoms with Crippen molar-refractivity contribution < 1.29 is 9.84 Å². The molecule has 0 heterocycles. The Labute approximate surface area is 84.5 Å². The predicted octanol–water partition coefficient (Wildman–Crippen LogP) is 2.20. The summed E-state index contributed by atoms with van der Waals surface area (Å²) in [4.78, 5) is 0. The smallest absolute Gasteiger partial charge is 0.120 e. The Morgan fingerprint density at radius 2 is 2.21 bits per heavy atom. The van der Waals surface area contributed by atoms with Crippen LogP contribution in [-0.4, -0.2) is 12.2 Å². The third-order valence-corrected chi connectivity index (χ3v) is 2.23. The second kappa shape index (κ2) is 4.86. The first-order chi connectivity index (χ1) is 6.69. The molecule has 3 nitrogen and oxygen atoms in total. The quantitative estimate of drug-likeness (QED) is 0.774. The van der Waals surface area contributed by atoms with Gasteiger partial charge in [0.2, 0.25) is 0 Å². The average Bonchev–Trinajstić information content (AvgIpc) is 2.19. The summed E-state index contributed by atoms with van der Waals surface area (Å²) in [6.07, 6.45) is 1.86. The highest BCUT2D eigenvalue weighted by atomic mass is 16.5. The molecular formula is C11H17NO2. The summed E-state index contributed by atoms with van der Waals surface area (Å²) in [6, 6.07) is 5.01. The van der Waals surface area contributed by atoms with E-state index in [1.165, 1.54) is 0 Å². The number of ether oxygens (including phenoxy) is 1. The van der Waals surface area contributed by atoms with Crippen molar-refractivity contribution in [1.29, 1.82) is 0 Å². The Bertz CT molecular complexity index is 299. The van der Waals surface area contributed by atoms with Crippen LogP contribution in [0.3, 0.4) is 0 Å². The number of phenolic OH excluding ortho intramolecular Hbond substituents is 1. The van der Waals surface area contributed by atoms with Gasteiger partial charge in [-0.3, -0.25) is 0 Å². The molecule has 0 aromatic heterocycles. The zero-order valence-corrected chi connectivity index (χ0v) is 8.66. The Kier molecular flexibility index (Phi) is 3.77. The molecule has 0 aliphatic rings. The molecule has 0 bridgehead atoms. The van der Waals surface area contributed by atoms with Gasteiger partial charge in [-0.25, -0.2) is 0 Å². The third-order valence-electron chi connectivity index (χ3n) is 2.23. The minimum absolute atomic E-state index is 0.116. The maximum absolute atomic E-state index is 9.59. The SMILES string of the molecule is CCC[C@@H](N)c1cc(OC)ccc1O. The summed E-state index contributed by atoms with van der Waals surface area (Å²) in [5.41, 5.74) is 6.67. The normalized spacial score (nSPS) is 12.5. The summed E-state index contributed by atoms with van der Waals surface area (Å²) >= 11 is 0. The van der Waals surface area contributed by atoms with E-state index in [1.54, 1.807) is 25.3 Å². The lowest BCUT2D eigenvalue weighted by molar-refractivity contribution is 0.408. The van der Waals surface area contributed by atoms with Gasteiger partial charge in [0, 0.05) is 11.6 Å². The van der Waals surface area contributed by atoms with Crippen LogP contribution in [0.5, 0.6) is 11.5 Å². The highest BCUT2D eigenvalue weighted by Crippen LogP contribution is 2.29. The van der Waals surface area contributed by atoms with Gasteiger partial charge in [0.05, 0.1) is 7.11 Å². The number of aromatic hydroxyl groups is 1. The summed E-state index contributed by atoms with van der Waals surface area (Å²) in [5.74, 6) is 0.969. The molecule has 0 amide bonds. The largest absolute Gasteiger partial charge is 0.508 e. The van der Waals surface area contributed by atoms with Gasteiger partial charge in [0.1, 0.15) is 11.5 Å². The molecule has 1 rings (SSSR count). The van der Waals surface area contributed by atoms with Gasteiger partial charge in [-0.1, -0.05) is 13.3 Å². The van der Waals surface area contributed by atoms with E-state index in [0.29, 0.717) is 0 Å². The summed E-state index contributed by atoms with van der Waals surface area (Å²) in [7, 11) is 1.60. The minimum atomic E-state index is -0.116. The van der Waals surface area contributed by atoms with Gasteiger partial charge in [-0.05, 0) is 24.6 Å². The number of benzene rings is 1. The molecule has 0 saturated heterocycles. The Morgan fingerprint density at radius 3 is 2.79 bits per heavy atom. The number of hydrogen-bond acceptors (Lipinski definition) is 3. The van der Waals surface area contributed by atoms with Gasteiger partial charge in [0.15, 0.2) is 0 Å². The van der Waals surface area contributed by atoms with E-state index in [-0.39, 0.29) is 11.8 Å². The Balaban J connectivity index is 2.93. The summed E-state index contributed by atoms with van der Waals surface area (Å²) in [6.45, 7) is 2.07. The van der Waals surface area contributed by atoms with E-state index in [1.807, 2.05) is 0 Å². The highest BCUT2D eigenvalue weighted by Gasteiger charge is 2.10. The second-order valence-corrected chi connectivity index (χ2v) is 3.32. The first-order valence-corrected chi connectivity index (χ1v) is 4.81. The lowest BCUT2D eigenvalue weighted by atomic mass is 10.0. The zero-order chi connectivity index (χ0) is 10.6. The second-order valence-electron chi connectivity index (χ2n) is 3.32. The fourth-order valence-electron chi connectivity index (χ4n) is 1.42. The van der Waals surface area contributed by atoms with E-state index in [4.69, 9.17) is 10.5 Å². The van der Waals surface area contributed by atoms with Crippen LogP contribution in [0.15, 0.2) is 18.2 Å². The zero-order valence-electron chi connectivity index (χ0n) is 8.66. The Hall–Kier alpha value is -1.22.